The molecule has 0 saturated carbocycles. The van der Waals surface area contributed by atoms with Gasteiger partial charge < -0.3 is 23.8 Å². The summed E-state index contributed by atoms with van der Waals surface area (Å²) in [7, 11) is 0. The Bertz CT molecular complexity index is 1270. The molecular formula is C26H27F3N4O2. The molecule has 1 aromatic heterocycles. The Morgan fingerprint density at radius 1 is 1.11 bits per heavy atom. The third-order valence-electron chi connectivity index (χ3n) is 6.27. The minimum Gasteiger partial charge on any atom is -0.483 e. The highest BCUT2D eigenvalue weighted by atomic mass is 19.4. The number of ether oxygens (including phenoxy) is 2. The number of aryl methyl sites for hydroxylation is 1. The van der Waals surface area contributed by atoms with E-state index in [1.807, 2.05) is 43.7 Å². The lowest BCUT2D eigenvalue weighted by Crippen LogP contribution is -2.42. The summed E-state index contributed by atoms with van der Waals surface area (Å²) in [4.78, 5) is 8.70. The molecule has 1 unspecified atom stereocenters. The van der Waals surface area contributed by atoms with Gasteiger partial charge in [-0.1, -0.05) is 0 Å². The van der Waals surface area contributed by atoms with Crippen molar-refractivity contribution in [3.63, 3.8) is 0 Å². The molecule has 3 aliphatic rings. The molecule has 4 heterocycles. The maximum Gasteiger partial charge on any atom is 0.573 e. The predicted octanol–water partition coefficient (Wildman–Crippen LogP) is 5.56. The minimum absolute atomic E-state index is 0.0946. The average molecular weight is 485 g/mol. The van der Waals surface area contributed by atoms with Gasteiger partial charge in [-0.05, 0) is 69.7 Å². The molecule has 35 heavy (non-hydrogen) atoms. The molecule has 0 radical (unpaired) electrons. The zero-order chi connectivity index (χ0) is 25.0. The molecule has 0 fully saturated rings. The molecule has 0 spiro atoms. The van der Waals surface area contributed by atoms with Gasteiger partial charge in [0.1, 0.15) is 17.1 Å². The molecule has 3 aliphatic heterocycles. The third-order valence-corrected chi connectivity index (χ3v) is 6.27. The van der Waals surface area contributed by atoms with Crippen LogP contribution in [-0.4, -0.2) is 50.4 Å². The van der Waals surface area contributed by atoms with Crippen LogP contribution in [0.4, 0.5) is 13.2 Å². The van der Waals surface area contributed by atoms with Crippen LogP contribution in [0.2, 0.25) is 0 Å². The molecule has 184 valence electrons. The van der Waals surface area contributed by atoms with E-state index in [4.69, 9.17) is 4.74 Å². The SMILES string of the molecule is Cc1cn(C2=CN3CCN(C(C)C4=CC(C)(C)Oc5ccc(OC(F)(F)F)cc54)C=C3C=C2)cn1. The van der Waals surface area contributed by atoms with E-state index in [0.717, 1.165) is 35.8 Å². The molecule has 6 nitrogen and oxygen atoms in total. The number of nitrogens with zero attached hydrogens (tertiary/aromatic N) is 4. The fourth-order valence-corrected chi connectivity index (χ4v) is 4.64. The van der Waals surface area contributed by atoms with Crippen molar-refractivity contribution in [3.05, 3.63) is 78.3 Å². The first-order valence-corrected chi connectivity index (χ1v) is 11.4. The van der Waals surface area contributed by atoms with Gasteiger partial charge in [0.15, 0.2) is 0 Å². The molecule has 0 bridgehead atoms. The minimum atomic E-state index is -4.76. The summed E-state index contributed by atoms with van der Waals surface area (Å²) < 4.78 is 50.7. The summed E-state index contributed by atoms with van der Waals surface area (Å²) in [6.07, 6.45) is 9.31. The highest BCUT2D eigenvalue weighted by Crippen LogP contribution is 2.42. The fourth-order valence-electron chi connectivity index (χ4n) is 4.64. The first kappa shape index (κ1) is 23.1. The van der Waals surface area contributed by atoms with Gasteiger partial charge in [0, 0.05) is 37.2 Å². The average Bonchev–Trinajstić information content (AvgIpc) is 3.22. The summed E-state index contributed by atoms with van der Waals surface area (Å²) in [6.45, 7) is 9.41. The summed E-state index contributed by atoms with van der Waals surface area (Å²) >= 11 is 0. The number of hydrogen-bond acceptors (Lipinski definition) is 5. The van der Waals surface area contributed by atoms with Gasteiger partial charge in [-0.15, -0.1) is 13.2 Å². The van der Waals surface area contributed by atoms with E-state index in [1.165, 1.54) is 12.1 Å². The van der Waals surface area contributed by atoms with Crippen LogP contribution in [-0.2, 0) is 0 Å². The molecule has 2 aromatic rings. The summed E-state index contributed by atoms with van der Waals surface area (Å²) in [5.74, 6) is 0.282. The Kier molecular flexibility index (Phi) is 5.45. The Labute approximate surface area is 202 Å². The number of hydrogen-bond donors (Lipinski definition) is 0. The highest BCUT2D eigenvalue weighted by molar-refractivity contribution is 5.77. The van der Waals surface area contributed by atoms with Gasteiger partial charge in [-0.25, -0.2) is 4.98 Å². The topological polar surface area (TPSA) is 42.8 Å². The molecule has 0 saturated heterocycles. The summed E-state index contributed by atoms with van der Waals surface area (Å²) in [5, 5.41) is 0. The second-order valence-electron chi connectivity index (χ2n) is 9.48. The van der Waals surface area contributed by atoms with Crippen LogP contribution >= 0.6 is 0 Å². The first-order chi connectivity index (χ1) is 16.5. The van der Waals surface area contributed by atoms with Gasteiger partial charge in [0.2, 0.25) is 0 Å². The molecule has 0 amide bonds. The van der Waals surface area contributed by atoms with Crippen molar-refractivity contribution in [3.8, 4) is 11.5 Å². The zero-order valence-corrected chi connectivity index (χ0v) is 20.0. The van der Waals surface area contributed by atoms with E-state index in [9.17, 15) is 13.2 Å². The maximum absolute atomic E-state index is 12.8. The molecule has 0 N–H and O–H groups in total. The van der Waals surface area contributed by atoms with E-state index in [-0.39, 0.29) is 11.8 Å². The van der Waals surface area contributed by atoms with E-state index in [1.54, 1.807) is 12.4 Å². The van der Waals surface area contributed by atoms with E-state index in [0.29, 0.717) is 11.3 Å². The van der Waals surface area contributed by atoms with E-state index in [2.05, 4.69) is 44.9 Å². The van der Waals surface area contributed by atoms with Crippen molar-refractivity contribution in [1.29, 1.82) is 0 Å². The summed E-state index contributed by atoms with van der Waals surface area (Å²) in [6, 6.07) is 4.15. The molecule has 0 aliphatic carbocycles. The Balaban J connectivity index is 1.42. The monoisotopic (exact) mass is 484 g/mol. The van der Waals surface area contributed by atoms with Crippen LogP contribution in [0.5, 0.6) is 11.5 Å². The Morgan fingerprint density at radius 3 is 2.60 bits per heavy atom. The second kappa shape index (κ2) is 8.25. The third kappa shape index (κ3) is 4.80. The van der Waals surface area contributed by atoms with Crippen LogP contribution in [0, 0.1) is 6.92 Å². The van der Waals surface area contributed by atoms with Gasteiger partial charge in [-0.3, -0.25) is 0 Å². The smallest absolute Gasteiger partial charge is 0.483 e. The standard InChI is InChI=1S/C26H27F3N4O2/c1-17-13-33(16-30-17)20-6-5-19-14-31(9-10-32(19)15-20)18(2)23-12-25(3,4)35-24-8-7-21(11-22(23)24)34-26(27,28)29/h5-8,11-16,18H,9-10H2,1-4H3. The van der Waals surface area contributed by atoms with Crippen LogP contribution in [0.15, 0.2) is 67.0 Å². The number of allylic oxidation sites excluding steroid dienone is 3. The number of halogens is 3. The van der Waals surface area contributed by atoms with Crippen molar-refractivity contribution in [2.24, 2.45) is 0 Å². The van der Waals surface area contributed by atoms with Crippen molar-refractivity contribution in [1.82, 2.24) is 19.4 Å². The van der Waals surface area contributed by atoms with Crippen molar-refractivity contribution in [2.45, 2.75) is 45.7 Å². The van der Waals surface area contributed by atoms with Crippen LogP contribution in [0.25, 0.3) is 11.3 Å². The number of fused-ring (bicyclic) bond motifs is 2. The zero-order valence-electron chi connectivity index (χ0n) is 20.0. The number of benzene rings is 1. The molecule has 1 aromatic carbocycles. The largest absolute Gasteiger partial charge is 0.573 e. The lowest BCUT2D eigenvalue weighted by Gasteiger charge is -2.41. The molecule has 1 atom stereocenters. The highest BCUT2D eigenvalue weighted by Gasteiger charge is 2.35. The van der Waals surface area contributed by atoms with Gasteiger partial charge >= 0.3 is 6.36 Å². The number of rotatable bonds is 4. The van der Waals surface area contributed by atoms with E-state index < -0.39 is 12.0 Å². The van der Waals surface area contributed by atoms with E-state index >= 15 is 0 Å². The van der Waals surface area contributed by atoms with Gasteiger partial charge in [-0.2, -0.15) is 0 Å². The lowest BCUT2D eigenvalue weighted by molar-refractivity contribution is -0.274. The van der Waals surface area contributed by atoms with Crippen molar-refractivity contribution in [2.75, 3.05) is 13.1 Å². The first-order valence-electron chi connectivity index (χ1n) is 11.4. The number of alkyl halides is 3. The number of aromatic nitrogens is 2. The predicted molar refractivity (Wildman–Crippen MR) is 127 cm³/mol. The fraction of sp³-hybridized carbons (Fsp3) is 0.346. The van der Waals surface area contributed by atoms with Crippen LogP contribution in [0.1, 0.15) is 32.0 Å². The lowest BCUT2D eigenvalue weighted by atomic mass is 9.89. The number of imidazole rings is 1. The Morgan fingerprint density at radius 2 is 1.89 bits per heavy atom. The Hall–Kier alpha value is -3.62. The quantitative estimate of drug-likeness (QED) is 0.569. The van der Waals surface area contributed by atoms with Gasteiger partial charge in [0.25, 0.3) is 0 Å². The normalized spacial score (nSPS) is 19.7. The summed E-state index contributed by atoms with van der Waals surface area (Å²) in [5.41, 5.74) is 3.95. The van der Waals surface area contributed by atoms with Crippen LogP contribution in [0.3, 0.4) is 0 Å². The maximum atomic E-state index is 12.8. The van der Waals surface area contributed by atoms with Crippen LogP contribution < -0.4 is 9.47 Å². The van der Waals surface area contributed by atoms with Crippen molar-refractivity contribution < 1.29 is 22.6 Å². The van der Waals surface area contributed by atoms with Gasteiger partial charge in [0.05, 0.1) is 29.5 Å². The second-order valence-corrected chi connectivity index (χ2v) is 9.48. The molecule has 9 heteroatoms. The molecule has 5 rings (SSSR count). The van der Waals surface area contributed by atoms with Crippen molar-refractivity contribution >= 4 is 11.3 Å². The molecular weight excluding hydrogens is 457 g/mol.